The predicted octanol–water partition coefficient (Wildman–Crippen LogP) is 3.80. The number of hydrogen-bond acceptors (Lipinski definition) is 2. The highest BCUT2D eigenvalue weighted by atomic mass is 35.5. The van der Waals surface area contributed by atoms with Crippen LogP contribution in [0.15, 0.2) is 54.7 Å². The molecule has 0 aliphatic heterocycles. The Morgan fingerprint density at radius 1 is 1.14 bits per heavy atom. The molecular weight excluding hydrogens is 296 g/mol. The summed E-state index contributed by atoms with van der Waals surface area (Å²) >= 11 is 5.86. The molecule has 112 valence electrons. The smallest absolute Gasteiger partial charge is 0.178 e. The highest BCUT2D eigenvalue weighted by molar-refractivity contribution is 6.30. The molecule has 0 saturated heterocycles. The molecule has 22 heavy (non-hydrogen) atoms. The van der Waals surface area contributed by atoms with Crippen molar-refractivity contribution in [1.29, 1.82) is 0 Å². The van der Waals surface area contributed by atoms with E-state index in [0.717, 1.165) is 27.1 Å². The van der Waals surface area contributed by atoms with Crippen molar-refractivity contribution in [3.05, 3.63) is 70.9 Å². The third-order valence-corrected chi connectivity index (χ3v) is 3.98. The first-order chi connectivity index (χ1) is 10.6. The summed E-state index contributed by atoms with van der Waals surface area (Å²) in [7, 11) is 1.96. The molecule has 3 nitrogen and oxygen atoms in total. The van der Waals surface area contributed by atoms with Crippen LogP contribution in [0.3, 0.4) is 0 Å². The fraction of sp³-hybridized carbons (Fsp3) is 0.167. The molecule has 0 amide bonds. The lowest BCUT2D eigenvalue weighted by molar-refractivity contribution is 0.0992. The van der Waals surface area contributed by atoms with E-state index in [1.165, 1.54) is 0 Å². The Morgan fingerprint density at radius 2 is 1.86 bits per heavy atom. The first-order valence-electron chi connectivity index (χ1n) is 7.17. The minimum Gasteiger partial charge on any atom is -0.350 e. The van der Waals surface area contributed by atoms with Crippen molar-refractivity contribution < 1.29 is 4.79 Å². The molecule has 0 unspecified atom stereocenters. The number of para-hydroxylation sites is 1. The lowest BCUT2D eigenvalue weighted by Crippen LogP contribution is -2.22. The molecule has 3 rings (SSSR count). The van der Waals surface area contributed by atoms with Crippen molar-refractivity contribution in [1.82, 2.24) is 9.88 Å². The van der Waals surface area contributed by atoms with E-state index < -0.39 is 0 Å². The van der Waals surface area contributed by atoms with Gasteiger partial charge in [-0.3, -0.25) is 4.79 Å². The van der Waals surface area contributed by atoms with E-state index in [1.807, 2.05) is 66.3 Å². The van der Waals surface area contributed by atoms with Crippen LogP contribution in [0.4, 0.5) is 0 Å². The Balaban J connectivity index is 1.67. The molecule has 2 aromatic carbocycles. The van der Waals surface area contributed by atoms with Crippen LogP contribution in [0.25, 0.3) is 10.9 Å². The zero-order valence-electron chi connectivity index (χ0n) is 12.3. The molecule has 0 aliphatic rings. The number of aryl methyl sites for hydroxylation is 1. The van der Waals surface area contributed by atoms with Crippen LogP contribution < -0.4 is 5.32 Å². The van der Waals surface area contributed by atoms with Crippen LogP contribution >= 0.6 is 11.6 Å². The van der Waals surface area contributed by atoms with E-state index in [1.54, 1.807) is 0 Å². The maximum atomic E-state index is 12.4. The highest BCUT2D eigenvalue weighted by Gasteiger charge is 2.12. The third kappa shape index (κ3) is 3.06. The van der Waals surface area contributed by atoms with Crippen LogP contribution in [0, 0.1) is 0 Å². The van der Waals surface area contributed by atoms with Crippen LogP contribution in [0.1, 0.15) is 15.9 Å². The lowest BCUT2D eigenvalue weighted by atomic mass is 10.1. The van der Waals surface area contributed by atoms with E-state index in [0.29, 0.717) is 13.1 Å². The molecule has 3 aromatic rings. The Labute approximate surface area is 134 Å². The fourth-order valence-electron chi connectivity index (χ4n) is 2.58. The van der Waals surface area contributed by atoms with Crippen molar-refractivity contribution >= 4 is 28.3 Å². The first kappa shape index (κ1) is 14.8. The van der Waals surface area contributed by atoms with Crippen molar-refractivity contribution in [2.24, 2.45) is 7.05 Å². The zero-order chi connectivity index (χ0) is 15.5. The van der Waals surface area contributed by atoms with Crippen molar-refractivity contribution in [3.63, 3.8) is 0 Å². The minimum absolute atomic E-state index is 0.103. The van der Waals surface area contributed by atoms with E-state index >= 15 is 0 Å². The molecule has 0 fully saturated rings. The second kappa shape index (κ2) is 6.34. The monoisotopic (exact) mass is 312 g/mol. The lowest BCUT2D eigenvalue weighted by Gasteiger charge is -2.04. The van der Waals surface area contributed by atoms with Gasteiger partial charge in [0.25, 0.3) is 0 Å². The van der Waals surface area contributed by atoms with Gasteiger partial charge in [-0.1, -0.05) is 41.9 Å². The standard InChI is InChI=1S/C18H17ClN2O/c1-21-12-16(15-4-2-3-5-17(15)21)18(22)11-20-10-13-6-8-14(19)9-7-13/h2-9,12,20H,10-11H2,1H3. The minimum atomic E-state index is 0.103. The van der Waals surface area contributed by atoms with E-state index in [2.05, 4.69) is 5.32 Å². The molecule has 1 aromatic heterocycles. The van der Waals surface area contributed by atoms with Crippen LogP contribution in [0.5, 0.6) is 0 Å². The molecule has 0 atom stereocenters. The van der Waals surface area contributed by atoms with Crippen LogP contribution in [0.2, 0.25) is 5.02 Å². The van der Waals surface area contributed by atoms with Gasteiger partial charge in [0, 0.05) is 41.3 Å². The molecule has 0 aliphatic carbocycles. The van der Waals surface area contributed by atoms with Gasteiger partial charge in [-0.05, 0) is 23.8 Å². The van der Waals surface area contributed by atoms with Gasteiger partial charge in [0.05, 0.1) is 6.54 Å². The number of aromatic nitrogens is 1. The molecular formula is C18H17ClN2O. The average molecular weight is 313 g/mol. The number of Topliss-reactive ketones (excluding diaryl/α,β-unsaturated/α-hetero) is 1. The second-order valence-electron chi connectivity index (χ2n) is 5.32. The van der Waals surface area contributed by atoms with Gasteiger partial charge in [0.1, 0.15) is 0 Å². The van der Waals surface area contributed by atoms with Gasteiger partial charge in [0.15, 0.2) is 5.78 Å². The molecule has 4 heteroatoms. The summed E-state index contributed by atoms with van der Waals surface area (Å²) in [4.78, 5) is 12.4. The number of nitrogens with one attached hydrogen (secondary N) is 1. The second-order valence-corrected chi connectivity index (χ2v) is 5.76. The Bertz CT molecular complexity index is 806. The molecule has 0 saturated carbocycles. The first-order valence-corrected chi connectivity index (χ1v) is 7.55. The van der Waals surface area contributed by atoms with Crippen LogP contribution in [-0.4, -0.2) is 16.9 Å². The summed E-state index contributed by atoms with van der Waals surface area (Å²) in [5, 5.41) is 4.91. The van der Waals surface area contributed by atoms with Gasteiger partial charge in [-0.2, -0.15) is 0 Å². The summed E-state index contributed by atoms with van der Waals surface area (Å²) in [6.07, 6.45) is 1.90. The van der Waals surface area contributed by atoms with Crippen molar-refractivity contribution in [2.45, 2.75) is 6.54 Å². The van der Waals surface area contributed by atoms with Crippen LogP contribution in [-0.2, 0) is 13.6 Å². The number of ketones is 1. The largest absolute Gasteiger partial charge is 0.350 e. The topological polar surface area (TPSA) is 34.0 Å². The van der Waals surface area contributed by atoms with Crippen molar-refractivity contribution in [3.8, 4) is 0 Å². The highest BCUT2D eigenvalue weighted by Crippen LogP contribution is 2.20. The fourth-order valence-corrected chi connectivity index (χ4v) is 2.71. The number of rotatable bonds is 5. The number of halogens is 1. The van der Waals surface area contributed by atoms with Gasteiger partial charge in [-0.15, -0.1) is 0 Å². The third-order valence-electron chi connectivity index (χ3n) is 3.73. The number of carbonyl (C=O) groups excluding carboxylic acids is 1. The van der Waals surface area contributed by atoms with Gasteiger partial charge in [-0.25, -0.2) is 0 Å². The van der Waals surface area contributed by atoms with Gasteiger partial charge in [0.2, 0.25) is 0 Å². The Kier molecular flexibility index (Phi) is 4.27. The normalized spacial score (nSPS) is 11.0. The van der Waals surface area contributed by atoms with E-state index in [4.69, 9.17) is 11.6 Å². The van der Waals surface area contributed by atoms with Crippen molar-refractivity contribution in [2.75, 3.05) is 6.54 Å². The SMILES string of the molecule is Cn1cc(C(=O)CNCc2ccc(Cl)cc2)c2ccccc21. The number of nitrogens with zero attached hydrogens (tertiary/aromatic N) is 1. The maximum Gasteiger partial charge on any atom is 0.178 e. The van der Waals surface area contributed by atoms with Gasteiger partial charge < -0.3 is 9.88 Å². The quantitative estimate of drug-likeness (QED) is 0.727. The number of fused-ring (bicyclic) bond motifs is 1. The molecule has 1 N–H and O–H groups in total. The van der Waals surface area contributed by atoms with E-state index in [-0.39, 0.29) is 5.78 Å². The summed E-state index contributed by atoms with van der Waals surface area (Å²) in [5.74, 6) is 0.103. The summed E-state index contributed by atoms with van der Waals surface area (Å²) < 4.78 is 1.99. The predicted molar refractivity (Wildman–Crippen MR) is 90.4 cm³/mol. The summed E-state index contributed by atoms with van der Waals surface area (Å²) in [5.41, 5.74) is 2.94. The summed E-state index contributed by atoms with van der Waals surface area (Å²) in [6, 6.07) is 15.6. The zero-order valence-corrected chi connectivity index (χ0v) is 13.1. The molecule has 0 bridgehead atoms. The number of benzene rings is 2. The molecule has 0 spiro atoms. The average Bonchev–Trinajstić information content (AvgIpc) is 2.87. The number of carbonyl (C=O) groups is 1. The Hall–Kier alpha value is -2.10. The van der Waals surface area contributed by atoms with E-state index in [9.17, 15) is 4.79 Å². The Morgan fingerprint density at radius 3 is 2.64 bits per heavy atom. The van der Waals surface area contributed by atoms with Gasteiger partial charge >= 0.3 is 0 Å². The molecule has 1 heterocycles. The summed E-state index contributed by atoms with van der Waals surface area (Å²) in [6.45, 7) is 0.963. The maximum absolute atomic E-state index is 12.4. The number of hydrogen-bond donors (Lipinski definition) is 1. The molecule has 0 radical (unpaired) electrons.